The lowest BCUT2D eigenvalue weighted by atomic mass is 10.2. The van der Waals surface area contributed by atoms with Gasteiger partial charge in [-0.15, -0.1) is 0 Å². The number of halogens is 2. The third-order valence-corrected chi connectivity index (χ3v) is 3.26. The molecule has 0 saturated carbocycles. The first-order valence-corrected chi connectivity index (χ1v) is 6.17. The zero-order chi connectivity index (χ0) is 13.0. The van der Waals surface area contributed by atoms with Crippen molar-refractivity contribution in [3.05, 3.63) is 28.2 Å². The topological polar surface area (TPSA) is 40.5 Å². The molecule has 1 aromatic carbocycles. The molecule has 0 aliphatic rings. The molecule has 0 saturated heterocycles. The highest BCUT2D eigenvalue weighted by Gasteiger charge is 2.20. The summed E-state index contributed by atoms with van der Waals surface area (Å²) in [6.07, 6.45) is 0.859. The van der Waals surface area contributed by atoms with E-state index in [0.29, 0.717) is 16.6 Å². The van der Waals surface area contributed by atoms with Crippen molar-refractivity contribution in [2.45, 2.75) is 26.3 Å². The summed E-state index contributed by atoms with van der Waals surface area (Å²) in [4.78, 5) is 12.8. The van der Waals surface area contributed by atoms with Gasteiger partial charge in [-0.05, 0) is 31.5 Å². The number of nitrogens with zero attached hydrogens (tertiary/aromatic N) is 1. The van der Waals surface area contributed by atoms with Crippen molar-refractivity contribution in [3.63, 3.8) is 0 Å². The summed E-state index contributed by atoms with van der Waals surface area (Å²) >= 11 is 11.8. The predicted molar refractivity (Wildman–Crippen MR) is 71.2 cm³/mol. The lowest BCUT2D eigenvalue weighted by Crippen LogP contribution is -2.39. The normalized spacial score (nSPS) is 12.2. The summed E-state index contributed by atoms with van der Waals surface area (Å²) < 4.78 is 0. The van der Waals surface area contributed by atoms with Gasteiger partial charge >= 0.3 is 5.97 Å². The van der Waals surface area contributed by atoms with Gasteiger partial charge in [0.05, 0.1) is 10.0 Å². The molecule has 0 unspecified atom stereocenters. The maximum absolute atomic E-state index is 11.0. The van der Waals surface area contributed by atoms with Crippen LogP contribution in [0.1, 0.15) is 20.3 Å². The van der Waals surface area contributed by atoms with Gasteiger partial charge in [0.15, 0.2) is 0 Å². The Morgan fingerprint density at radius 2 is 2.06 bits per heavy atom. The first-order chi connectivity index (χ1) is 7.97. The van der Waals surface area contributed by atoms with Crippen molar-refractivity contribution >= 4 is 34.9 Å². The fourth-order valence-electron chi connectivity index (χ4n) is 1.58. The minimum absolute atomic E-state index is 0.433. The van der Waals surface area contributed by atoms with Crippen LogP contribution in [0.4, 0.5) is 5.69 Å². The molecular formula is C12H15Cl2NO2. The monoisotopic (exact) mass is 275 g/mol. The first kappa shape index (κ1) is 14.1. The molecule has 1 N–H and O–H groups in total. The zero-order valence-corrected chi connectivity index (χ0v) is 11.3. The Balaban J connectivity index is 3.04. The Hall–Kier alpha value is -0.930. The second-order valence-corrected chi connectivity index (χ2v) is 4.62. The van der Waals surface area contributed by atoms with Gasteiger partial charge in [-0.3, -0.25) is 0 Å². The van der Waals surface area contributed by atoms with Crippen LogP contribution in [0, 0.1) is 0 Å². The van der Waals surface area contributed by atoms with Crippen LogP contribution in [0.25, 0.3) is 0 Å². The number of anilines is 1. The smallest absolute Gasteiger partial charge is 0.326 e. The van der Waals surface area contributed by atoms with E-state index in [1.807, 2.05) is 6.92 Å². The van der Waals surface area contributed by atoms with E-state index in [4.69, 9.17) is 28.3 Å². The van der Waals surface area contributed by atoms with Crippen LogP contribution in [0.15, 0.2) is 18.2 Å². The molecule has 0 bridgehead atoms. The number of carboxylic acid groups (broad SMARTS) is 1. The third kappa shape index (κ3) is 3.51. The van der Waals surface area contributed by atoms with Crippen LogP contribution >= 0.6 is 23.2 Å². The van der Waals surface area contributed by atoms with E-state index >= 15 is 0 Å². The van der Waals surface area contributed by atoms with Gasteiger partial charge in [0, 0.05) is 12.2 Å². The second kappa shape index (κ2) is 6.12. The maximum atomic E-state index is 11.0. The Kier molecular flexibility index (Phi) is 5.09. The summed E-state index contributed by atoms with van der Waals surface area (Å²) in [5, 5.41) is 9.96. The Labute approximate surface area is 111 Å². The minimum Gasteiger partial charge on any atom is -0.480 e. The molecule has 0 fully saturated rings. The summed E-state index contributed by atoms with van der Waals surface area (Å²) in [5.41, 5.74) is 0.774. The zero-order valence-electron chi connectivity index (χ0n) is 9.78. The Morgan fingerprint density at radius 1 is 1.41 bits per heavy atom. The molecule has 3 nitrogen and oxygen atoms in total. The molecule has 0 radical (unpaired) electrons. The molecular weight excluding hydrogens is 261 g/mol. The standard InChI is InChI=1S/C12H15Cl2NO2/c1-3-6-15(8(2)12(16)17)9-4-5-10(13)11(14)7-9/h4-5,7-8H,3,6H2,1-2H3,(H,16,17)/t8-/m0/s1. The van der Waals surface area contributed by atoms with Crippen molar-refractivity contribution in [1.29, 1.82) is 0 Å². The van der Waals surface area contributed by atoms with E-state index in [0.717, 1.165) is 12.1 Å². The molecule has 0 aromatic heterocycles. The number of benzene rings is 1. The van der Waals surface area contributed by atoms with Crippen molar-refractivity contribution in [1.82, 2.24) is 0 Å². The van der Waals surface area contributed by atoms with E-state index in [-0.39, 0.29) is 0 Å². The van der Waals surface area contributed by atoms with Crippen molar-refractivity contribution in [2.75, 3.05) is 11.4 Å². The number of carbonyl (C=O) groups is 1. The fraction of sp³-hybridized carbons (Fsp3) is 0.417. The summed E-state index contributed by atoms with van der Waals surface area (Å²) in [7, 11) is 0. The van der Waals surface area contributed by atoms with E-state index in [2.05, 4.69) is 0 Å². The van der Waals surface area contributed by atoms with Crippen molar-refractivity contribution in [3.8, 4) is 0 Å². The molecule has 17 heavy (non-hydrogen) atoms. The number of carboxylic acids is 1. The molecule has 0 aliphatic carbocycles. The van der Waals surface area contributed by atoms with Gasteiger partial charge in [-0.1, -0.05) is 30.1 Å². The third-order valence-electron chi connectivity index (χ3n) is 2.52. The van der Waals surface area contributed by atoms with Gasteiger partial charge in [0.1, 0.15) is 6.04 Å². The molecule has 5 heteroatoms. The van der Waals surface area contributed by atoms with Crippen LogP contribution in [0.5, 0.6) is 0 Å². The Morgan fingerprint density at radius 3 is 2.53 bits per heavy atom. The predicted octanol–water partition coefficient (Wildman–Crippen LogP) is 3.68. The minimum atomic E-state index is -0.857. The van der Waals surface area contributed by atoms with Crippen molar-refractivity contribution < 1.29 is 9.90 Å². The molecule has 0 amide bonds. The van der Waals surface area contributed by atoms with Gasteiger partial charge in [0.25, 0.3) is 0 Å². The lowest BCUT2D eigenvalue weighted by Gasteiger charge is -2.28. The molecule has 0 heterocycles. The molecule has 1 aromatic rings. The Bertz CT molecular complexity index is 409. The van der Waals surface area contributed by atoms with Gasteiger partial charge in [-0.2, -0.15) is 0 Å². The van der Waals surface area contributed by atoms with Crippen LogP contribution in [-0.2, 0) is 4.79 Å². The maximum Gasteiger partial charge on any atom is 0.326 e. The molecule has 0 spiro atoms. The average molecular weight is 276 g/mol. The number of hydrogen-bond donors (Lipinski definition) is 1. The van der Waals surface area contributed by atoms with Crippen molar-refractivity contribution in [2.24, 2.45) is 0 Å². The second-order valence-electron chi connectivity index (χ2n) is 3.81. The molecule has 0 aliphatic heterocycles. The number of rotatable bonds is 5. The van der Waals surface area contributed by atoms with Crippen LogP contribution in [-0.4, -0.2) is 23.7 Å². The van der Waals surface area contributed by atoms with Gasteiger partial charge in [-0.25, -0.2) is 4.79 Å². The highest BCUT2D eigenvalue weighted by atomic mass is 35.5. The van der Waals surface area contributed by atoms with E-state index in [1.54, 1.807) is 30.0 Å². The summed E-state index contributed by atoms with van der Waals surface area (Å²) in [5.74, 6) is -0.857. The van der Waals surface area contributed by atoms with Crippen LogP contribution < -0.4 is 4.90 Å². The number of aliphatic carboxylic acids is 1. The van der Waals surface area contributed by atoms with E-state index < -0.39 is 12.0 Å². The lowest BCUT2D eigenvalue weighted by molar-refractivity contribution is -0.138. The number of hydrogen-bond acceptors (Lipinski definition) is 2. The summed E-state index contributed by atoms with van der Waals surface area (Å²) in [6, 6.07) is 4.56. The highest BCUT2D eigenvalue weighted by molar-refractivity contribution is 6.42. The van der Waals surface area contributed by atoms with Gasteiger partial charge < -0.3 is 10.0 Å². The van der Waals surface area contributed by atoms with E-state index in [9.17, 15) is 4.79 Å². The highest BCUT2D eigenvalue weighted by Crippen LogP contribution is 2.28. The molecule has 1 atom stereocenters. The summed E-state index contributed by atoms with van der Waals surface area (Å²) in [6.45, 7) is 4.31. The van der Waals surface area contributed by atoms with Gasteiger partial charge in [0.2, 0.25) is 0 Å². The quantitative estimate of drug-likeness (QED) is 0.891. The fourth-order valence-corrected chi connectivity index (χ4v) is 1.88. The SMILES string of the molecule is CCCN(c1ccc(Cl)c(Cl)c1)[C@@H](C)C(=O)O. The molecule has 1 rings (SSSR count). The molecule has 94 valence electrons. The average Bonchev–Trinajstić information content (AvgIpc) is 2.29. The largest absolute Gasteiger partial charge is 0.480 e. The van der Waals surface area contributed by atoms with E-state index in [1.165, 1.54) is 0 Å². The van der Waals surface area contributed by atoms with Crippen LogP contribution in [0.2, 0.25) is 10.0 Å². The van der Waals surface area contributed by atoms with Crippen LogP contribution in [0.3, 0.4) is 0 Å². The first-order valence-electron chi connectivity index (χ1n) is 5.41.